The molecule has 0 bridgehead atoms. The molecule has 8 atom stereocenters. The monoisotopic (exact) mass is 418 g/mol. The summed E-state index contributed by atoms with van der Waals surface area (Å²) in [7, 11) is 0. The smallest absolute Gasteiger partial charge is 0.266 e. The van der Waals surface area contributed by atoms with Crippen LogP contribution in [0, 0.1) is 40.9 Å². The van der Waals surface area contributed by atoms with Crippen molar-refractivity contribution in [1.82, 2.24) is 9.78 Å². The van der Waals surface area contributed by atoms with Crippen molar-refractivity contribution >= 4 is 0 Å². The zero-order valence-electron chi connectivity index (χ0n) is 18.1. The number of rotatable bonds is 4. The van der Waals surface area contributed by atoms with Gasteiger partial charge in [-0.2, -0.15) is 5.10 Å². The van der Waals surface area contributed by atoms with Crippen molar-refractivity contribution in [3.8, 4) is 0 Å². The highest BCUT2D eigenvalue weighted by atomic mass is 19.3. The van der Waals surface area contributed by atoms with Gasteiger partial charge in [0.25, 0.3) is 6.43 Å². The summed E-state index contributed by atoms with van der Waals surface area (Å²) in [5.41, 5.74) is -0.105. The minimum Gasteiger partial charge on any atom is -0.384 e. The van der Waals surface area contributed by atoms with Crippen LogP contribution in [-0.4, -0.2) is 26.9 Å². The van der Waals surface area contributed by atoms with E-state index in [-0.39, 0.29) is 12.3 Å². The number of fused-ring (bicyclic) bond motifs is 5. The Morgan fingerprint density at radius 3 is 2.67 bits per heavy atom. The zero-order valence-corrected chi connectivity index (χ0v) is 18.1. The third-order valence-electron chi connectivity index (χ3n) is 9.87. The predicted octanol–water partition coefficient (Wildman–Crippen LogP) is 5.70. The van der Waals surface area contributed by atoms with Crippen molar-refractivity contribution in [2.24, 2.45) is 40.9 Å². The van der Waals surface area contributed by atoms with Gasteiger partial charge in [-0.05, 0) is 105 Å². The van der Waals surface area contributed by atoms with Crippen LogP contribution in [-0.2, 0) is 6.54 Å². The Morgan fingerprint density at radius 2 is 1.93 bits per heavy atom. The summed E-state index contributed by atoms with van der Waals surface area (Å²) in [4.78, 5) is 0. The lowest BCUT2D eigenvalue weighted by molar-refractivity contribution is -0.158. The summed E-state index contributed by atoms with van der Waals surface area (Å²) in [5.74, 6) is 3.51. The molecule has 5 rings (SSSR count). The summed E-state index contributed by atoms with van der Waals surface area (Å²) >= 11 is 0. The van der Waals surface area contributed by atoms with Crippen LogP contribution < -0.4 is 0 Å². The van der Waals surface area contributed by atoms with Crippen molar-refractivity contribution in [3.63, 3.8) is 0 Å². The maximum atomic E-state index is 13.4. The van der Waals surface area contributed by atoms with Crippen LogP contribution in [0.1, 0.15) is 64.7 Å². The number of halogens is 2. The number of hydrogen-bond donors (Lipinski definition) is 1. The van der Waals surface area contributed by atoms with E-state index in [2.05, 4.69) is 18.6 Å². The average Bonchev–Trinajstić information content (AvgIpc) is 3.34. The Bertz CT molecular complexity index is 780. The normalized spacial score (nSPS) is 45.6. The summed E-state index contributed by atoms with van der Waals surface area (Å²) < 4.78 is 28.8. The number of nitrogens with zero attached hydrogens (tertiary/aromatic N) is 2. The molecule has 0 aromatic carbocycles. The van der Waals surface area contributed by atoms with Gasteiger partial charge in [-0.15, -0.1) is 0 Å². The highest BCUT2D eigenvalue weighted by Crippen LogP contribution is 2.65. The molecule has 0 aliphatic heterocycles. The second kappa shape index (κ2) is 7.43. The number of allylic oxidation sites excluding steroid dienone is 1. The van der Waals surface area contributed by atoms with Gasteiger partial charge in [-0.3, -0.25) is 4.68 Å². The molecule has 30 heavy (non-hydrogen) atoms. The molecule has 1 aromatic heterocycles. The Kier molecular flexibility index (Phi) is 5.11. The molecule has 0 spiro atoms. The zero-order chi connectivity index (χ0) is 21.1. The van der Waals surface area contributed by atoms with E-state index in [9.17, 15) is 13.9 Å². The maximum Gasteiger partial charge on any atom is 0.266 e. The molecule has 4 aliphatic carbocycles. The van der Waals surface area contributed by atoms with Gasteiger partial charge in [0.1, 0.15) is 5.60 Å². The molecule has 1 heterocycles. The Hall–Kier alpha value is -1.23. The SMILES string of the molecule is C=C(Cn1cccn1)[C@H]1CC[C@H]2[C@@H]3CC[C@H]4C[C@@](O)(C(F)F)CC[C@@H]4[C@H]3CC[C@]12C. The first-order valence-corrected chi connectivity index (χ1v) is 12.0. The van der Waals surface area contributed by atoms with Crippen molar-refractivity contribution in [2.75, 3.05) is 0 Å². The fourth-order valence-electron chi connectivity index (χ4n) is 8.49. The molecule has 0 unspecified atom stereocenters. The van der Waals surface area contributed by atoms with Crippen LogP contribution in [0.25, 0.3) is 0 Å². The van der Waals surface area contributed by atoms with Gasteiger partial charge in [0.15, 0.2) is 0 Å². The predicted molar refractivity (Wildman–Crippen MR) is 113 cm³/mol. The van der Waals surface area contributed by atoms with E-state index in [1.807, 2.05) is 23.1 Å². The Morgan fingerprint density at radius 1 is 1.13 bits per heavy atom. The van der Waals surface area contributed by atoms with Crippen LogP contribution in [0.15, 0.2) is 30.6 Å². The Labute approximate surface area is 178 Å². The van der Waals surface area contributed by atoms with E-state index in [0.717, 1.165) is 37.6 Å². The minimum atomic E-state index is -2.61. The van der Waals surface area contributed by atoms with Gasteiger partial charge in [0.05, 0.1) is 6.54 Å². The Balaban J connectivity index is 1.30. The van der Waals surface area contributed by atoms with Gasteiger partial charge < -0.3 is 5.11 Å². The third kappa shape index (κ3) is 3.18. The minimum absolute atomic E-state index is 0.278. The standard InChI is InChI=1S/C25H36F2N2O/c1-16(15-29-13-3-12-28-29)21-6-7-22-20-5-4-17-14-25(30,23(26)27)11-9-18(17)19(20)8-10-24(21,22)2/h3,12-13,17-23,30H,1,4-11,14-15H2,2H3/t17-,18-,19+,20+,21+,22-,24+,25+/m0/s1. The largest absolute Gasteiger partial charge is 0.384 e. The molecule has 4 aliphatic rings. The summed E-state index contributed by atoms with van der Waals surface area (Å²) in [6, 6.07) is 1.97. The summed E-state index contributed by atoms with van der Waals surface area (Å²) in [6.07, 6.45) is 9.73. The van der Waals surface area contributed by atoms with Gasteiger partial charge in [0.2, 0.25) is 0 Å². The summed E-state index contributed by atoms with van der Waals surface area (Å²) in [6.45, 7) is 7.80. The van der Waals surface area contributed by atoms with Crippen LogP contribution in [0.3, 0.4) is 0 Å². The molecule has 3 nitrogen and oxygen atoms in total. The third-order valence-corrected chi connectivity index (χ3v) is 9.87. The molecule has 0 amide bonds. The first-order chi connectivity index (χ1) is 14.3. The van der Waals surface area contributed by atoms with Gasteiger partial charge >= 0.3 is 0 Å². The second-order valence-electron chi connectivity index (χ2n) is 11.1. The van der Waals surface area contributed by atoms with E-state index < -0.39 is 12.0 Å². The van der Waals surface area contributed by atoms with Crippen molar-refractivity contribution in [2.45, 2.75) is 83.3 Å². The molecular weight excluding hydrogens is 382 g/mol. The van der Waals surface area contributed by atoms with E-state index in [0.29, 0.717) is 29.6 Å². The second-order valence-corrected chi connectivity index (χ2v) is 11.1. The number of alkyl halides is 2. The molecule has 1 N–H and O–H groups in total. The molecule has 5 heteroatoms. The van der Waals surface area contributed by atoms with Crippen molar-refractivity contribution in [3.05, 3.63) is 30.6 Å². The molecule has 4 fully saturated rings. The van der Waals surface area contributed by atoms with Crippen LogP contribution in [0.2, 0.25) is 0 Å². The van der Waals surface area contributed by atoms with E-state index in [4.69, 9.17) is 0 Å². The van der Waals surface area contributed by atoms with E-state index in [1.165, 1.54) is 31.3 Å². The molecule has 0 saturated heterocycles. The van der Waals surface area contributed by atoms with Gasteiger partial charge in [0, 0.05) is 12.4 Å². The average molecular weight is 419 g/mol. The molecule has 166 valence electrons. The quantitative estimate of drug-likeness (QED) is 0.637. The lowest BCUT2D eigenvalue weighted by atomic mass is 9.48. The van der Waals surface area contributed by atoms with Crippen LogP contribution in [0.4, 0.5) is 8.78 Å². The van der Waals surface area contributed by atoms with E-state index in [1.54, 1.807) is 0 Å². The summed E-state index contributed by atoms with van der Waals surface area (Å²) in [5, 5.41) is 14.8. The van der Waals surface area contributed by atoms with Crippen LogP contribution in [0.5, 0.6) is 0 Å². The highest BCUT2D eigenvalue weighted by Gasteiger charge is 2.58. The molecule has 4 saturated carbocycles. The molecular formula is C25H36F2N2O. The lowest BCUT2D eigenvalue weighted by Gasteiger charge is -2.57. The molecule has 1 aromatic rings. The number of aliphatic hydroxyl groups is 1. The number of hydrogen-bond acceptors (Lipinski definition) is 2. The maximum absolute atomic E-state index is 13.4. The highest BCUT2D eigenvalue weighted by molar-refractivity contribution is 5.15. The first-order valence-electron chi connectivity index (χ1n) is 12.0. The first kappa shape index (κ1) is 20.7. The lowest BCUT2D eigenvalue weighted by Crippen LogP contribution is -2.52. The van der Waals surface area contributed by atoms with Crippen molar-refractivity contribution < 1.29 is 13.9 Å². The van der Waals surface area contributed by atoms with Crippen LogP contribution >= 0.6 is 0 Å². The van der Waals surface area contributed by atoms with E-state index >= 15 is 0 Å². The van der Waals surface area contributed by atoms with Gasteiger partial charge in [-0.1, -0.05) is 19.1 Å². The topological polar surface area (TPSA) is 38.0 Å². The number of aromatic nitrogens is 2. The molecule has 0 radical (unpaired) electrons. The fourth-order valence-corrected chi connectivity index (χ4v) is 8.49. The van der Waals surface area contributed by atoms with Gasteiger partial charge in [-0.25, -0.2) is 8.78 Å². The fraction of sp³-hybridized carbons (Fsp3) is 0.800. The van der Waals surface area contributed by atoms with Crippen molar-refractivity contribution in [1.29, 1.82) is 0 Å².